The Morgan fingerprint density at radius 2 is 2.00 bits per heavy atom. The maximum absolute atomic E-state index is 5.88. The lowest BCUT2D eigenvalue weighted by Gasteiger charge is -2.25. The van der Waals surface area contributed by atoms with Crippen molar-refractivity contribution in [3.63, 3.8) is 0 Å². The molecule has 0 spiro atoms. The number of halogens is 1. The molecule has 0 saturated heterocycles. The first kappa shape index (κ1) is 13.5. The van der Waals surface area contributed by atoms with Crippen molar-refractivity contribution in [2.45, 2.75) is 19.6 Å². The summed E-state index contributed by atoms with van der Waals surface area (Å²) in [6.45, 7) is 3.31. The summed E-state index contributed by atoms with van der Waals surface area (Å²) in [5.74, 6) is 2.21. The van der Waals surface area contributed by atoms with Gasteiger partial charge in [0.25, 0.3) is 0 Å². The van der Waals surface area contributed by atoms with Gasteiger partial charge in [-0.3, -0.25) is 4.90 Å². The first-order valence-electron chi connectivity index (χ1n) is 7.08. The highest BCUT2D eigenvalue weighted by molar-refractivity contribution is 6.30. The fourth-order valence-corrected chi connectivity index (χ4v) is 2.70. The van der Waals surface area contributed by atoms with Gasteiger partial charge >= 0.3 is 0 Å². The van der Waals surface area contributed by atoms with Gasteiger partial charge in [-0.1, -0.05) is 11.6 Å². The van der Waals surface area contributed by atoms with E-state index in [2.05, 4.69) is 24.6 Å². The Kier molecular flexibility index (Phi) is 3.40. The van der Waals surface area contributed by atoms with Crippen LogP contribution in [-0.2, 0) is 19.6 Å². The molecule has 22 heavy (non-hydrogen) atoms. The maximum atomic E-state index is 5.88. The number of fused-ring (bicyclic) bond motifs is 1. The second kappa shape index (κ2) is 5.55. The molecule has 1 aliphatic rings. The molecule has 0 saturated carbocycles. The molecule has 6 nitrogen and oxygen atoms in total. The van der Waals surface area contributed by atoms with E-state index in [0.29, 0.717) is 23.3 Å². The zero-order valence-electron chi connectivity index (χ0n) is 11.8. The lowest BCUT2D eigenvalue weighted by molar-refractivity contribution is 0.191. The summed E-state index contributed by atoms with van der Waals surface area (Å²) < 4.78 is 7.92. The van der Waals surface area contributed by atoms with E-state index in [9.17, 15) is 0 Å². The molecule has 2 aromatic heterocycles. The van der Waals surface area contributed by atoms with E-state index in [1.165, 1.54) is 0 Å². The standard InChI is InChI=1S/C15H14ClN5O/c16-12-3-1-11(2-4-12)15-19-18-14(22-15)10-20-7-8-21-6-5-17-13(21)9-20/h1-6H,7-10H2. The SMILES string of the molecule is Clc1ccc(-c2nnc(CN3CCn4ccnc4C3)o2)cc1. The van der Waals surface area contributed by atoms with Crippen molar-refractivity contribution in [2.24, 2.45) is 0 Å². The summed E-state index contributed by atoms with van der Waals surface area (Å²) >= 11 is 5.88. The molecule has 4 rings (SSSR count). The van der Waals surface area contributed by atoms with Gasteiger partial charge in [-0.05, 0) is 24.3 Å². The van der Waals surface area contributed by atoms with E-state index in [0.717, 1.165) is 31.0 Å². The first-order chi connectivity index (χ1) is 10.8. The summed E-state index contributed by atoms with van der Waals surface area (Å²) in [5, 5.41) is 8.93. The molecule has 3 aromatic rings. The summed E-state index contributed by atoms with van der Waals surface area (Å²) in [4.78, 5) is 6.60. The van der Waals surface area contributed by atoms with Crippen LogP contribution in [0.4, 0.5) is 0 Å². The molecule has 7 heteroatoms. The Labute approximate surface area is 132 Å². The Bertz CT molecular complexity index is 779. The molecule has 1 aliphatic heterocycles. The number of hydrogen-bond donors (Lipinski definition) is 0. The molecule has 1 aromatic carbocycles. The van der Waals surface area contributed by atoms with Gasteiger partial charge in [0.1, 0.15) is 5.82 Å². The van der Waals surface area contributed by atoms with Crippen LogP contribution in [0.5, 0.6) is 0 Å². The van der Waals surface area contributed by atoms with E-state index >= 15 is 0 Å². The molecule has 0 amide bonds. The normalized spacial score (nSPS) is 15.0. The lowest BCUT2D eigenvalue weighted by atomic mass is 10.2. The van der Waals surface area contributed by atoms with Crippen LogP contribution in [0.3, 0.4) is 0 Å². The summed E-state index contributed by atoms with van der Waals surface area (Å²) in [7, 11) is 0. The number of benzene rings is 1. The summed E-state index contributed by atoms with van der Waals surface area (Å²) in [5.41, 5.74) is 0.873. The predicted octanol–water partition coefficient (Wildman–Crippen LogP) is 2.60. The number of imidazole rings is 1. The fourth-order valence-electron chi connectivity index (χ4n) is 2.58. The molecule has 0 radical (unpaired) electrons. The summed E-state index contributed by atoms with van der Waals surface area (Å²) in [6, 6.07) is 7.37. The van der Waals surface area contributed by atoms with Crippen LogP contribution in [0.15, 0.2) is 41.1 Å². The van der Waals surface area contributed by atoms with E-state index < -0.39 is 0 Å². The van der Waals surface area contributed by atoms with E-state index in [4.69, 9.17) is 16.0 Å². The van der Waals surface area contributed by atoms with E-state index in [1.54, 1.807) is 0 Å². The molecule has 0 bridgehead atoms. The molecule has 0 atom stereocenters. The largest absolute Gasteiger partial charge is 0.419 e. The molecule has 0 N–H and O–H groups in total. The zero-order valence-corrected chi connectivity index (χ0v) is 12.6. The van der Waals surface area contributed by atoms with Gasteiger partial charge in [0.15, 0.2) is 0 Å². The third kappa shape index (κ3) is 2.63. The maximum Gasteiger partial charge on any atom is 0.247 e. The van der Waals surface area contributed by atoms with Crippen molar-refractivity contribution in [3.8, 4) is 11.5 Å². The lowest BCUT2D eigenvalue weighted by Crippen LogP contribution is -2.33. The van der Waals surface area contributed by atoms with Crippen molar-refractivity contribution < 1.29 is 4.42 Å². The smallest absolute Gasteiger partial charge is 0.247 e. The monoisotopic (exact) mass is 315 g/mol. The predicted molar refractivity (Wildman–Crippen MR) is 81.1 cm³/mol. The molecule has 112 valence electrons. The van der Waals surface area contributed by atoms with Gasteiger partial charge in [-0.25, -0.2) is 4.98 Å². The quantitative estimate of drug-likeness (QED) is 0.743. The average Bonchev–Trinajstić information content (AvgIpc) is 3.17. The van der Waals surface area contributed by atoms with E-state index in [1.807, 2.05) is 36.7 Å². The van der Waals surface area contributed by atoms with Crippen molar-refractivity contribution in [2.75, 3.05) is 6.54 Å². The van der Waals surface area contributed by atoms with Crippen LogP contribution >= 0.6 is 11.6 Å². The molecular formula is C15H14ClN5O. The van der Waals surface area contributed by atoms with Crippen molar-refractivity contribution in [1.29, 1.82) is 0 Å². The first-order valence-corrected chi connectivity index (χ1v) is 7.46. The minimum atomic E-state index is 0.519. The van der Waals surface area contributed by atoms with Gasteiger partial charge in [-0.2, -0.15) is 0 Å². The highest BCUT2D eigenvalue weighted by Gasteiger charge is 2.19. The topological polar surface area (TPSA) is 60.0 Å². The van der Waals surface area contributed by atoms with Crippen molar-refractivity contribution in [1.82, 2.24) is 24.6 Å². The Morgan fingerprint density at radius 3 is 2.86 bits per heavy atom. The third-order valence-electron chi connectivity index (χ3n) is 3.74. The number of aromatic nitrogens is 4. The van der Waals surface area contributed by atoms with Gasteiger partial charge < -0.3 is 8.98 Å². The van der Waals surface area contributed by atoms with Crippen LogP contribution in [0.2, 0.25) is 5.02 Å². The van der Waals surface area contributed by atoms with E-state index in [-0.39, 0.29) is 0 Å². The van der Waals surface area contributed by atoms with Gasteiger partial charge in [0.05, 0.1) is 13.1 Å². The third-order valence-corrected chi connectivity index (χ3v) is 3.99. The van der Waals surface area contributed by atoms with Gasteiger partial charge in [0, 0.05) is 36.1 Å². The minimum Gasteiger partial charge on any atom is -0.419 e. The summed E-state index contributed by atoms with van der Waals surface area (Å²) in [6.07, 6.45) is 3.85. The molecule has 0 unspecified atom stereocenters. The van der Waals surface area contributed by atoms with Crippen LogP contribution in [0, 0.1) is 0 Å². The number of rotatable bonds is 3. The highest BCUT2D eigenvalue weighted by atomic mass is 35.5. The van der Waals surface area contributed by atoms with Gasteiger partial charge in [-0.15, -0.1) is 10.2 Å². The highest BCUT2D eigenvalue weighted by Crippen LogP contribution is 2.21. The minimum absolute atomic E-state index is 0.519. The fraction of sp³-hybridized carbons (Fsp3) is 0.267. The van der Waals surface area contributed by atoms with Crippen LogP contribution in [0.25, 0.3) is 11.5 Å². The molecule has 3 heterocycles. The van der Waals surface area contributed by atoms with Crippen molar-refractivity contribution >= 4 is 11.6 Å². The van der Waals surface area contributed by atoms with Crippen LogP contribution in [-0.4, -0.2) is 31.2 Å². The van der Waals surface area contributed by atoms with Gasteiger partial charge in [0.2, 0.25) is 11.8 Å². The zero-order chi connectivity index (χ0) is 14.9. The second-order valence-electron chi connectivity index (χ2n) is 5.26. The molecule has 0 aliphatic carbocycles. The number of nitrogens with zero attached hydrogens (tertiary/aromatic N) is 5. The van der Waals surface area contributed by atoms with Crippen molar-refractivity contribution in [3.05, 3.63) is 53.4 Å². The Hall–Kier alpha value is -2.18. The Balaban J connectivity index is 1.47. The molecule has 0 fully saturated rings. The average molecular weight is 316 g/mol. The number of hydrogen-bond acceptors (Lipinski definition) is 5. The van der Waals surface area contributed by atoms with Crippen LogP contribution < -0.4 is 0 Å². The van der Waals surface area contributed by atoms with Crippen LogP contribution in [0.1, 0.15) is 11.7 Å². The second-order valence-corrected chi connectivity index (χ2v) is 5.69. The molecular weight excluding hydrogens is 302 g/mol. The Morgan fingerprint density at radius 1 is 1.14 bits per heavy atom.